The Morgan fingerprint density at radius 2 is 2.00 bits per heavy atom. The first-order valence-corrected chi connectivity index (χ1v) is 9.57. The first-order valence-electron chi connectivity index (χ1n) is 6.80. The van der Waals surface area contributed by atoms with E-state index in [0.29, 0.717) is 10.8 Å². The molecule has 0 saturated heterocycles. The maximum atomic E-state index is 12.3. The predicted octanol–water partition coefficient (Wildman–Crippen LogP) is 2.13. The zero-order valence-corrected chi connectivity index (χ0v) is 13.2. The van der Waals surface area contributed by atoms with Crippen LogP contribution >= 0.6 is 11.8 Å². The number of benzene rings is 1. The summed E-state index contributed by atoms with van der Waals surface area (Å²) in [5.41, 5.74) is 0.712. The minimum absolute atomic E-state index is 0.0312. The normalized spacial score (nSPS) is 23.7. The van der Waals surface area contributed by atoms with Crippen LogP contribution in [0.3, 0.4) is 0 Å². The molecule has 0 radical (unpaired) electrons. The van der Waals surface area contributed by atoms with Crippen LogP contribution in [0.25, 0.3) is 0 Å². The van der Waals surface area contributed by atoms with E-state index in [1.54, 1.807) is 24.3 Å². The molecule has 1 saturated carbocycles. The van der Waals surface area contributed by atoms with Crippen molar-refractivity contribution in [3.8, 4) is 0 Å². The molecule has 0 heterocycles. The predicted molar refractivity (Wildman–Crippen MR) is 82.2 cm³/mol. The number of aliphatic hydroxyl groups is 1. The molecule has 2 rings (SSSR count). The highest BCUT2D eigenvalue weighted by Crippen LogP contribution is 2.27. The van der Waals surface area contributed by atoms with E-state index in [0.717, 1.165) is 19.3 Å². The van der Waals surface area contributed by atoms with Crippen molar-refractivity contribution in [3.63, 3.8) is 0 Å². The summed E-state index contributed by atoms with van der Waals surface area (Å²) in [5, 5.41) is 9.53. The lowest BCUT2D eigenvalue weighted by atomic mass is 9.96. The second-order valence-corrected chi connectivity index (χ2v) is 8.00. The highest BCUT2D eigenvalue weighted by molar-refractivity contribution is 7.99. The van der Waals surface area contributed by atoms with Crippen molar-refractivity contribution in [1.82, 2.24) is 4.72 Å². The van der Waals surface area contributed by atoms with Crippen LogP contribution in [-0.2, 0) is 16.6 Å². The van der Waals surface area contributed by atoms with Gasteiger partial charge >= 0.3 is 0 Å². The van der Waals surface area contributed by atoms with Crippen molar-refractivity contribution in [2.75, 3.05) is 6.26 Å². The fourth-order valence-corrected chi connectivity index (χ4v) is 4.64. The molecule has 2 N–H and O–H groups in total. The first kappa shape index (κ1) is 15.8. The average Bonchev–Trinajstić information content (AvgIpc) is 2.47. The number of hydrogen-bond donors (Lipinski definition) is 2. The second kappa shape index (κ2) is 6.93. The van der Waals surface area contributed by atoms with Crippen molar-refractivity contribution < 1.29 is 13.5 Å². The third-order valence-corrected chi connectivity index (χ3v) is 6.33. The summed E-state index contributed by atoms with van der Waals surface area (Å²) in [5.74, 6) is 0. The largest absolute Gasteiger partial charge is 0.392 e. The van der Waals surface area contributed by atoms with Crippen LogP contribution in [0.5, 0.6) is 0 Å². The molecule has 20 heavy (non-hydrogen) atoms. The van der Waals surface area contributed by atoms with Gasteiger partial charge in [0.2, 0.25) is 10.0 Å². The maximum Gasteiger partial charge on any atom is 0.240 e. The molecule has 112 valence electrons. The van der Waals surface area contributed by atoms with Gasteiger partial charge in [0.15, 0.2) is 0 Å². The highest BCUT2D eigenvalue weighted by Gasteiger charge is 2.25. The number of aliphatic hydroxyl groups excluding tert-OH is 1. The van der Waals surface area contributed by atoms with Crippen molar-refractivity contribution in [2.24, 2.45) is 0 Å². The molecule has 0 spiro atoms. The topological polar surface area (TPSA) is 66.4 Å². The number of hydrogen-bond acceptors (Lipinski definition) is 4. The number of nitrogens with one attached hydrogen (secondary N) is 1. The van der Waals surface area contributed by atoms with E-state index in [-0.39, 0.29) is 17.5 Å². The van der Waals surface area contributed by atoms with E-state index < -0.39 is 10.0 Å². The fraction of sp³-hybridized carbons (Fsp3) is 0.571. The Hall–Kier alpha value is -0.560. The molecule has 0 aromatic heterocycles. The van der Waals surface area contributed by atoms with Gasteiger partial charge in [-0.15, -0.1) is 0 Å². The summed E-state index contributed by atoms with van der Waals surface area (Å²) < 4.78 is 27.4. The maximum absolute atomic E-state index is 12.3. The van der Waals surface area contributed by atoms with Gasteiger partial charge in [0, 0.05) is 11.3 Å². The minimum atomic E-state index is -3.46. The van der Waals surface area contributed by atoms with E-state index in [4.69, 9.17) is 5.11 Å². The quantitative estimate of drug-likeness (QED) is 0.873. The smallest absolute Gasteiger partial charge is 0.240 e. The van der Waals surface area contributed by atoms with Crippen LogP contribution in [0.2, 0.25) is 0 Å². The Labute approximate surface area is 125 Å². The monoisotopic (exact) mass is 315 g/mol. The lowest BCUT2D eigenvalue weighted by Crippen LogP contribution is -2.39. The number of rotatable bonds is 5. The second-order valence-electron chi connectivity index (χ2n) is 5.14. The van der Waals surface area contributed by atoms with Crippen LogP contribution < -0.4 is 4.72 Å². The molecule has 4 nitrogen and oxygen atoms in total. The number of sulfonamides is 1. The Balaban J connectivity index is 2.06. The van der Waals surface area contributed by atoms with Crippen LogP contribution in [-0.4, -0.2) is 31.1 Å². The highest BCUT2D eigenvalue weighted by atomic mass is 32.2. The summed E-state index contributed by atoms with van der Waals surface area (Å²) in [6.45, 7) is -0.0776. The van der Waals surface area contributed by atoms with Crippen molar-refractivity contribution in [3.05, 3.63) is 29.8 Å². The van der Waals surface area contributed by atoms with Crippen LogP contribution in [0.4, 0.5) is 0 Å². The molecule has 1 fully saturated rings. The van der Waals surface area contributed by atoms with E-state index in [2.05, 4.69) is 11.0 Å². The Kier molecular flexibility index (Phi) is 5.49. The number of thioether (sulfide) groups is 1. The van der Waals surface area contributed by atoms with Crippen molar-refractivity contribution in [1.29, 1.82) is 0 Å². The lowest BCUT2D eigenvalue weighted by Gasteiger charge is -2.28. The van der Waals surface area contributed by atoms with E-state index in [9.17, 15) is 8.42 Å². The molecule has 1 aliphatic carbocycles. The Morgan fingerprint density at radius 1 is 1.30 bits per heavy atom. The minimum Gasteiger partial charge on any atom is -0.392 e. The Bertz CT molecular complexity index is 528. The van der Waals surface area contributed by atoms with Gasteiger partial charge in [-0.25, -0.2) is 13.1 Å². The molecule has 1 aromatic carbocycles. The fourth-order valence-electron chi connectivity index (χ4n) is 2.53. The molecule has 1 aromatic rings. The van der Waals surface area contributed by atoms with Gasteiger partial charge in [-0.2, -0.15) is 11.8 Å². The van der Waals surface area contributed by atoms with Gasteiger partial charge in [0.25, 0.3) is 0 Å². The molecule has 2 atom stereocenters. The zero-order chi connectivity index (χ0) is 14.6. The van der Waals surface area contributed by atoms with Crippen molar-refractivity contribution >= 4 is 21.8 Å². The molecule has 1 aliphatic rings. The summed E-state index contributed by atoms with van der Waals surface area (Å²) >= 11 is 1.81. The van der Waals surface area contributed by atoms with Gasteiger partial charge in [-0.05, 0) is 43.2 Å². The zero-order valence-electron chi connectivity index (χ0n) is 11.6. The SMILES string of the molecule is CSC1CCCC(NS(=O)(=O)c2ccc(CO)cc2)C1. The van der Waals surface area contributed by atoms with Gasteiger partial charge in [0.1, 0.15) is 0 Å². The Morgan fingerprint density at radius 3 is 2.60 bits per heavy atom. The third-order valence-electron chi connectivity index (χ3n) is 3.70. The van der Waals surface area contributed by atoms with Gasteiger partial charge in [-0.3, -0.25) is 0 Å². The molecular weight excluding hydrogens is 294 g/mol. The van der Waals surface area contributed by atoms with Gasteiger partial charge in [0.05, 0.1) is 11.5 Å². The van der Waals surface area contributed by atoms with Crippen LogP contribution in [0.1, 0.15) is 31.2 Å². The van der Waals surface area contributed by atoms with E-state index in [1.165, 1.54) is 6.42 Å². The van der Waals surface area contributed by atoms with E-state index in [1.807, 2.05) is 11.8 Å². The summed E-state index contributed by atoms with van der Waals surface area (Å²) in [6, 6.07) is 6.40. The van der Waals surface area contributed by atoms with Crippen LogP contribution in [0, 0.1) is 0 Å². The van der Waals surface area contributed by atoms with Gasteiger partial charge in [-0.1, -0.05) is 18.6 Å². The lowest BCUT2D eigenvalue weighted by molar-refractivity contribution is 0.282. The molecule has 6 heteroatoms. The molecule has 2 unspecified atom stereocenters. The first-order chi connectivity index (χ1) is 9.55. The molecule has 0 amide bonds. The summed E-state index contributed by atoms with van der Waals surface area (Å²) in [7, 11) is -3.46. The summed E-state index contributed by atoms with van der Waals surface area (Å²) in [4.78, 5) is 0.265. The molecule has 0 bridgehead atoms. The van der Waals surface area contributed by atoms with Gasteiger partial charge < -0.3 is 5.11 Å². The molecule has 0 aliphatic heterocycles. The van der Waals surface area contributed by atoms with E-state index >= 15 is 0 Å². The molecular formula is C14H21NO3S2. The summed E-state index contributed by atoms with van der Waals surface area (Å²) in [6.07, 6.45) is 6.13. The standard InChI is InChI=1S/C14H21NO3S2/c1-19-13-4-2-3-12(9-13)15-20(17,18)14-7-5-11(10-16)6-8-14/h5-8,12-13,15-16H,2-4,9-10H2,1H3. The third kappa shape index (κ3) is 3.97. The van der Waals surface area contributed by atoms with Crippen LogP contribution in [0.15, 0.2) is 29.2 Å². The average molecular weight is 315 g/mol. The van der Waals surface area contributed by atoms with Crippen molar-refractivity contribution in [2.45, 2.75) is 48.5 Å².